The van der Waals surface area contributed by atoms with Gasteiger partial charge in [-0.3, -0.25) is 14.1 Å². The number of nitrogens with zero attached hydrogens (tertiary/aromatic N) is 2. The first-order valence-corrected chi connectivity index (χ1v) is 22.6. The predicted molar refractivity (Wildman–Crippen MR) is 227 cm³/mol. The zero-order chi connectivity index (χ0) is 42.9. The number of benzene rings is 4. The van der Waals surface area contributed by atoms with Crippen LogP contribution < -0.4 is 4.90 Å². The van der Waals surface area contributed by atoms with Crippen LogP contribution in [0.25, 0.3) is 21.5 Å². The van der Waals surface area contributed by atoms with Crippen molar-refractivity contribution >= 4 is 70.8 Å². The summed E-state index contributed by atoms with van der Waals surface area (Å²) in [7, 11) is -9.03. The number of hydrogen-bond acceptors (Lipinski definition) is 8. The lowest BCUT2D eigenvalue weighted by molar-refractivity contribution is -0.438. The van der Waals surface area contributed by atoms with Crippen LogP contribution >= 0.6 is 0 Å². The fourth-order valence-electron chi connectivity index (χ4n) is 8.74. The van der Waals surface area contributed by atoms with Crippen LogP contribution in [0.2, 0.25) is 0 Å². The van der Waals surface area contributed by atoms with Crippen LogP contribution in [0.1, 0.15) is 90.2 Å². The third kappa shape index (κ3) is 9.05. The standard InChI is InChI=1S/C45H50N2O10S2/c1-44(2)38(46(26-12-6-10-16-40(48)49)36-24-18-30-28-32(58(52,53)54)20-22-34(30)42(36)44)14-8-5-9-15-39-45(3,4)43-35-23-21-33(59(55,56)57)29-31(35)19-25-37(43)47(39)27-13-7-11-17-41(50)51/h5,8-9,14-15,18-25,28-29H,6-7,10-13,16-17,26-27H2,1-4H3,(H3-,48,49,50,51,52,53,54,55,56,57). The van der Waals surface area contributed by atoms with Gasteiger partial charge in [-0.05, 0) is 109 Å². The van der Waals surface area contributed by atoms with Crippen molar-refractivity contribution in [3.05, 3.63) is 108 Å². The summed E-state index contributed by atoms with van der Waals surface area (Å²) in [6.07, 6.45) is 14.3. The predicted octanol–water partition coefficient (Wildman–Crippen LogP) is 8.60. The zero-order valence-corrected chi connectivity index (χ0v) is 35.3. The van der Waals surface area contributed by atoms with Crippen molar-refractivity contribution in [1.82, 2.24) is 0 Å². The van der Waals surface area contributed by atoms with Gasteiger partial charge in [0, 0.05) is 60.3 Å². The summed E-state index contributed by atoms with van der Waals surface area (Å²) in [6.45, 7) is 9.72. The highest BCUT2D eigenvalue weighted by Gasteiger charge is 2.45. The Balaban J connectivity index is 1.35. The molecule has 2 aliphatic rings. The minimum absolute atomic E-state index is 0.101. The molecule has 3 N–H and O–H groups in total. The molecule has 0 aromatic heterocycles. The van der Waals surface area contributed by atoms with E-state index < -0.39 is 43.0 Å². The van der Waals surface area contributed by atoms with E-state index in [0.717, 1.165) is 70.4 Å². The van der Waals surface area contributed by atoms with Crippen molar-refractivity contribution in [2.75, 3.05) is 18.0 Å². The molecule has 0 saturated carbocycles. The summed E-state index contributed by atoms with van der Waals surface area (Å²) in [5.41, 5.74) is 4.93. The van der Waals surface area contributed by atoms with Gasteiger partial charge in [-0.2, -0.15) is 13.0 Å². The second kappa shape index (κ2) is 16.8. The third-order valence-electron chi connectivity index (χ3n) is 11.5. The summed E-state index contributed by atoms with van der Waals surface area (Å²) in [5.74, 6) is -1.65. The van der Waals surface area contributed by atoms with E-state index in [4.69, 9.17) is 10.2 Å². The van der Waals surface area contributed by atoms with Crippen LogP contribution in [0.5, 0.6) is 0 Å². The number of carboxylic acids is 2. The number of anilines is 1. The Bertz CT molecular complexity index is 2690. The Morgan fingerprint density at radius 1 is 0.712 bits per heavy atom. The molecule has 0 saturated heterocycles. The van der Waals surface area contributed by atoms with E-state index in [2.05, 4.69) is 49.3 Å². The molecular formula is C45H50N2O10S2. The molecular weight excluding hydrogens is 793 g/mol. The average Bonchev–Trinajstić information content (AvgIpc) is 3.51. The lowest BCUT2D eigenvalue weighted by Crippen LogP contribution is -2.28. The Labute approximate surface area is 345 Å². The molecule has 0 amide bonds. The normalized spacial score (nSPS) is 16.9. The quantitative estimate of drug-likeness (QED) is 0.0399. The summed E-state index contributed by atoms with van der Waals surface area (Å²) < 4.78 is 71.3. The molecule has 312 valence electrons. The summed E-state index contributed by atoms with van der Waals surface area (Å²) in [5, 5.41) is 21.3. The molecule has 0 aliphatic carbocycles. The van der Waals surface area contributed by atoms with Crippen molar-refractivity contribution in [2.45, 2.75) is 99.7 Å². The number of aliphatic carboxylic acids is 2. The largest absolute Gasteiger partial charge is 0.744 e. The molecule has 2 heterocycles. The van der Waals surface area contributed by atoms with Crippen molar-refractivity contribution in [3.63, 3.8) is 0 Å². The molecule has 0 bridgehead atoms. The average molecular weight is 843 g/mol. The van der Waals surface area contributed by atoms with Gasteiger partial charge in [0.25, 0.3) is 10.1 Å². The number of carboxylic acid groups (broad SMARTS) is 2. The molecule has 14 heteroatoms. The Kier molecular flexibility index (Phi) is 12.4. The Morgan fingerprint density at radius 3 is 1.93 bits per heavy atom. The first kappa shape index (κ1) is 43.4. The molecule has 6 rings (SSSR count). The summed E-state index contributed by atoms with van der Waals surface area (Å²) in [6, 6.07) is 16.7. The van der Waals surface area contributed by atoms with E-state index in [0.29, 0.717) is 36.7 Å². The van der Waals surface area contributed by atoms with Crippen molar-refractivity contribution in [1.29, 1.82) is 0 Å². The van der Waals surface area contributed by atoms with Crippen LogP contribution in [-0.2, 0) is 40.7 Å². The molecule has 0 unspecified atom stereocenters. The summed E-state index contributed by atoms with van der Waals surface area (Å²) in [4.78, 5) is 24.1. The number of fused-ring (bicyclic) bond motifs is 6. The lowest BCUT2D eigenvalue weighted by atomic mass is 9.79. The van der Waals surface area contributed by atoms with Gasteiger partial charge >= 0.3 is 11.9 Å². The van der Waals surface area contributed by atoms with E-state index in [-0.39, 0.29) is 22.6 Å². The third-order valence-corrected chi connectivity index (χ3v) is 13.2. The van der Waals surface area contributed by atoms with Gasteiger partial charge in [-0.25, -0.2) is 8.42 Å². The van der Waals surface area contributed by atoms with Gasteiger partial charge in [0.15, 0.2) is 5.71 Å². The Hall–Kier alpha value is -5.15. The molecule has 2 aliphatic heterocycles. The molecule has 4 aromatic rings. The maximum Gasteiger partial charge on any atom is 0.303 e. The van der Waals surface area contributed by atoms with E-state index in [1.807, 2.05) is 42.5 Å². The van der Waals surface area contributed by atoms with Crippen LogP contribution in [0, 0.1) is 0 Å². The fraction of sp³-hybridized carbons (Fsp3) is 0.356. The molecule has 12 nitrogen and oxygen atoms in total. The number of unbranched alkanes of at least 4 members (excludes halogenated alkanes) is 4. The maximum absolute atomic E-state index is 11.9. The number of carbonyl (C=O) groups is 2. The van der Waals surface area contributed by atoms with Crippen LogP contribution in [0.3, 0.4) is 0 Å². The molecule has 0 radical (unpaired) electrons. The van der Waals surface area contributed by atoms with E-state index in [1.54, 1.807) is 12.1 Å². The second-order valence-electron chi connectivity index (χ2n) is 16.3. The molecule has 0 atom stereocenters. The van der Waals surface area contributed by atoms with Crippen molar-refractivity contribution in [3.8, 4) is 0 Å². The fourth-order valence-corrected chi connectivity index (χ4v) is 9.77. The maximum atomic E-state index is 11.9. The molecule has 4 aromatic carbocycles. The van der Waals surface area contributed by atoms with Gasteiger partial charge in [0.2, 0.25) is 5.69 Å². The van der Waals surface area contributed by atoms with Gasteiger partial charge in [0.05, 0.1) is 15.2 Å². The summed E-state index contributed by atoms with van der Waals surface area (Å²) >= 11 is 0. The number of rotatable bonds is 17. The molecule has 0 spiro atoms. The zero-order valence-electron chi connectivity index (χ0n) is 33.6. The van der Waals surface area contributed by atoms with E-state index in [1.165, 1.54) is 24.3 Å². The Morgan fingerprint density at radius 2 is 1.31 bits per heavy atom. The lowest BCUT2D eigenvalue weighted by Gasteiger charge is -2.27. The van der Waals surface area contributed by atoms with Gasteiger partial charge < -0.3 is 19.7 Å². The topological polar surface area (TPSA) is 192 Å². The minimum Gasteiger partial charge on any atom is -0.744 e. The van der Waals surface area contributed by atoms with Crippen molar-refractivity contribution in [2.24, 2.45) is 0 Å². The molecule has 0 fully saturated rings. The minimum atomic E-state index is -4.64. The van der Waals surface area contributed by atoms with Gasteiger partial charge in [-0.15, -0.1) is 0 Å². The van der Waals surface area contributed by atoms with E-state index >= 15 is 0 Å². The monoisotopic (exact) mass is 842 g/mol. The first-order chi connectivity index (χ1) is 27.7. The highest BCUT2D eigenvalue weighted by Crippen LogP contribution is 2.51. The number of allylic oxidation sites excluding steroid dienone is 6. The highest BCUT2D eigenvalue weighted by atomic mass is 32.2. The highest BCUT2D eigenvalue weighted by molar-refractivity contribution is 7.86. The van der Waals surface area contributed by atoms with Gasteiger partial charge in [0.1, 0.15) is 16.7 Å². The van der Waals surface area contributed by atoms with E-state index in [9.17, 15) is 35.5 Å². The first-order valence-electron chi connectivity index (χ1n) is 19.7. The molecule has 59 heavy (non-hydrogen) atoms. The number of hydrogen-bond donors (Lipinski definition) is 3. The smallest absolute Gasteiger partial charge is 0.303 e. The van der Waals surface area contributed by atoms with Gasteiger partial charge in [-0.1, -0.05) is 56.7 Å². The van der Waals surface area contributed by atoms with Crippen molar-refractivity contribution < 1.29 is 50.3 Å². The SMILES string of the molecule is CC1(C)C(/C=C/C=C/C=C2/N(CCCCCC(=O)O)c3ccc4cc(S(=O)(=O)[O-])ccc4c3C2(C)C)=[N+](CCCCCC(=O)O)c2ccc3cc(S(=O)(=O)O)ccc3c21. The van der Waals surface area contributed by atoms with Crippen LogP contribution in [-0.4, -0.2) is 71.5 Å². The van der Waals surface area contributed by atoms with Crippen LogP contribution in [0.4, 0.5) is 11.4 Å². The second-order valence-corrected chi connectivity index (χ2v) is 19.1. The van der Waals surface area contributed by atoms with Crippen LogP contribution in [0.15, 0.2) is 107 Å².